The summed E-state index contributed by atoms with van der Waals surface area (Å²) in [6.07, 6.45) is 0. The Kier molecular flexibility index (Phi) is 6.74. The number of carbonyl (C=O) groups excluding carboxylic acids is 1. The van der Waals surface area contributed by atoms with Crippen LogP contribution in [0.4, 0.5) is 5.69 Å². The fourth-order valence-electron chi connectivity index (χ4n) is 2.80. The van der Waals surface area contributed by atoms with Gasteiger partial charge in [-0.15, -0.1) is 0 Å². The van der Waals surface area contributed by atoms with Crippen LogP contribution in [0.1, 0.15) is 17.3 Å². The molecule has 1 N–H and O–H groups in total. The van der Waals surface area contributed by atoms with Crippen molar-refractivity contribution in [1.29, 1.82) is 0 Å². The van der Waals surface area contributed by atoms with Crippen molar-refractivity contribution < 1.29 is 17.9 Å². The molecular weight excluding hydrogens is 400 g/mol. The molecule has 0 saturated heterocycles. The zero-order valence-corrected chi connectivity index (χ0v) is 17.7. The Balaban J connectivity index is 1.61. The number of benzene rings is 3. The molecule has 30 heavy (non-hydrogen) atoms. The third-order valence-corrected chi connectivity index (χ3v) is 6.32. The standard InChI is InChI=1S/C23H24N2O4S/c1-18(17-29-21-9-5-3-6-10-21)24-23(26)19-13-15-20(16-14-19)25(2)30(27,28)22-11-7-4-8-12-22/h3-16,18H,17H2,1-2H3,(H,24,26)/t18-/m1/s1. The van der Waals surface area contributed by atoms with Gasteiger partial charge in [0.05, 0.1) is 16.6 Å². The van der Waals surface area contributed by atoms with Gasteiger partial charge in [0.1, 0.15) is 12.4 Å². The highest BCUT2D eigenvalue weighted by molar-refractivity contribution is 7.92. The predicted molar refractivity (Wildman–Crippen MR) is 117 cm³/mol. The van der Waals surface area contributed by atoms with Crippen molar-refractivity contribution in [2.75, 3.05) is 18.0 Å². The molecule has 0 saturated carbocycles. The van der Waals surface area contributed by atoms with Crippen LogP contribution in [0, 0.1) is 0 Å². The monoisotopic (exact) mass is 424 g/mol. The molecule has 6 nitrogen and oxygen atoms in total. The second-order valence-electron chi connectivity index (χ2n) is 6.83. The summed E-state index contributed by atoms with van der Waals surface area (Å²) in [7, 11) is -2.18. The number of para-hydroxylation sites is 1. The lowest BCUT2D eigenvalue weighted by molar-refractivity contribution is 0.0926. The molecule has 0 aromatic heterocycles. The Morgan fingerprint density at radius 2 is 1.50 bits per heavy atom. The van der Waals surface area contributed by atoms with Crippen LogP contribution < -0.4 is 14.4 Å². The topological polar surface area (TPSA) is 75.7 Å². The highest BCUT2D eigenvalue weighted by Crippen LogP contribution is 2.22. The molecular formula is C23H24N2O4S. The Bertz CT molecular complexity index is 1070. The molecule has 3 aromatic carbocycles. The van der Waals surface area contributed by atoms with Crippen LogP contribution in [0.25, 0.3) is 0 Å². The maximum absolute atomic E-state index is 12.7. The van der Waals surface area contributed by atoms with E-state index in [0.29, 0.717) is 17.9 Å². The van der Waals surface area contributed by atoms with Crippen molar-refractivity contribution in [2.24, 2.45) is 0 Å². The van der Waals surface area contributed by atoms with Gasteiger partial charge in [-0.1, -0.05) is 36.4 Å². The van der Waals surface area contributed by atoms with Crippen molar-refractivity contribution in [3.63, 3.8) is 0 Å². The number of ether oxygens (including phenoxy) is 1. The third kappa shape index (κ3) is 5.18. The summed E-state index contributed by atoms with van der Waals surface area (Å²) in [6.45, 7) is 2.20. The first kappa shape index (κ1) is 21.4. The van der Waals surface area contributed by atoms with Crippen molar-refractivity contribution in [1.82, 2.24) is 5.32 Å². The molecule has 0 fully saturated rings. The van der Waals surface area contributed by atoms with E-state index < -0.39 is 10.0 Å². The molecule has 0 aliphatic rings. The van der Waals surface area contributed by atoms with E-state index in [9.17, 15) is 13.2 Å². The number of anilines is 1. The highest BCUT2D eigenvalue weighted by atomic mass is 32.2. The van der Waals surface area contributed by atoms with Crippen molar-refractivity contribution in [3.05, 3.63) is 90.5 Å². The van der Waals surface area contributed by atoms with Gasteiger partial charge in [-0.05, 0) is 55.5 Å². The van der Waals surface area contributed by atoms with Crippen LogP contribution in [0.5, 0.6) is 5.75 Å². The lowest BCUT2D eigenvalue weighted by atomic mass is 10.2. The van der Waals surface area contributed by atoms with E-state index in [1.165, 1.54) is 11.4 Å². The Morgan fingerprint density at radius 1 is 0.933 bits per heavy atom. The minimum atomic E-state index is -3.66. The molecule has 156 valence electrons. The summed E-state index contributed by atoms with van der Waals surface area (Å²) < 4.78 is 32.3. The van der Waals surface area contributed by atoms with Crippen LogP contribution in [0.15, 0.2) is 89.8 Å². The zero-order valence-electron chi connectivity index (χ0n) is 16.9. The number of amides is 1. The van der Waals surface area contributed by atoms with Crippen molar-refractivity contribution in [3.8, 4) is 5.75 Å². The van der Waals surface area contributed by atoms with Gasteiger partial charge in [0, 0.05) is 12.6 Å². The number of rotatable bonds is 8. The van der Waals surface area contributed by atoms with Gasteiger partial charge in [0.25, 0.3) is 15.9 Å². The van der Waals surface area contributed by atoms with E-state index in [-0.39, 0.29) is 16.8 Å². The summed E-state index contributed by atoms with van der Waals surface area (Å²) in [6, 6.07) is 23.8. The fourth-order valence-corrected chi connectivity index (χ4v) is 4.02. The number of carbonyl (C=O) groups is 1. The number of nitrogens with one attached hydrogen (secondary N) is 1. The van der Waals surface area contributed by atoms with E-state index in [2.05, 4.69) is 5.32 Å². The van der Waals surface area contributed by atoms with E-state index in [0.717, 1.165) is 5.75 Å². The second-order valence-corrected chi connectivity index (χ2v) is 8.80. The molecule has 0 spiro atoms. The van der Waals surface area contributed by atoms with Crippen LogP contribution in [0.3, 0.4) is 0 Å². The smallest absolute Gasteiger partial charge is 0.264 e. The number of hydrogen-bond donors (Lipinski definition) is 1. The Morgan fingerprint density at radius 3 is 2.10 bits per heavy atom. The van der Waals surface area contributed by atoms with Gasteiger partial charge in [-0.2, -0.15) is 0 Å². The van der Waals surface area contributed by atoms with Gasteiger partial charge in [0.2, 0.25) is 0 Å². The molecule has 0 bridgehead atoms. The van der Waals surface area contributed by atoms with Crippen LogP contribution in [-0.2, 0) is 10.0 Å². The van der Waals surface area contributed by atoms with Gasteiger partial charge >= 0.3 is 0 Å². The normalized spacial score (nSPS) is 12.1. The summed E-state index contributed by atoms with van der Waals surface area (Å²) in [5.74, 6) is 0.491. The van der Waals surface area contributed by atoms with Crippen LogP contribution in [0.2, 0.25) is 0 Å². The minimum Gasteiger partial charge on any atom is -0.491 e. The maximum atomic E-state index is 12.7. The van der Waals surface area contributed by atoms with Crippen LogP contribution in [-0.4, -0.2) is 34.0 Å². The maximum Gasteiger partial charge on any atom is 0.264 e. The largest absolute Gasteiger partial charge is 0.491 e. The molecule has 0 aliphatic heterocycles. The molecule has 3 aromatic rings. The number of hydrogen-bond acceptors (Lipinski definition) is 4. The average Bonchev–Trinajstić information content (AvgIpc) is 2.78. The second kappa shape index (κ2) is 9.45. The molecule has 1 amide bonds. The lowest BCUT2D eigenvalue weighted by Gasteiger charge is -2.20. The Hall–Kier alpha value is -3.32. The van der Waals surface area contributed by atoms with Gasteiger partial charge in [-0.3, -0.25) is 9.10 Å². The van der Waals surface area contributed by atoms with E-state index in [1.807, 2.05) is 37.3 Å². The number of nitrogens with zero attached hydrogens (tertiary/aromatic N) is 1. The molecule has 3 rings (SSSR count). The summed E-state index contributed by atoms with van der Waals surface area (Å²) >= 11 is 0. The van der Waals surface area contributed by atoms with Gasteiger partial charge < -0.3 is 10.1 Å². The van der Waals surface area contributed by atoms with Crippen molar-refractivity contribution in [2.45, 2.75) is 17.9 Å². The predicted octanol–water partition coefficient (Wildman–Crippen LogP) is 3.71. The first-order chi connectivity index (χ1) is 14.4. The molecule has 7 heteroatoms. The van der Waals surface area contributed by atoms with E-state index >= 15 is 0 Å². The third-order valence-electron chi connectivity index (χ3n) is 4.52. The average molecular weight is 425 g/mol. The highest BCUT2D eigenvalue weighted by Gasteiger charge is 2.21. The minimum absolute atomic E-state index is 0.196. The SMILES string of the molecule is C[C@H](COc1ccccc1)NC(=O)c1ccc(N(C)S(=O)(=O)c2ccccc2)cc1. The first-order valence-corrected chi connectivity index (χ1v) is 10.9. The molecule has 0 unspecified atom stereocenters. The molecule has 0 aliphatic carbocycles. The van der Waals surface area contributed by atoms with Crippen molar-refractivity contribution >= 4 is 21.6 Å². The Labute approximate surface area is 177 Å². The number of sulfonamides is 1. The zero-order chi connectivity index (χ0) is 21.6. The van der Waals surface area contributed by atoms with Gasteiger partial charge in [-0.25, -0.2) is 8.42 Å². The fraction of sp³-hybridized carbons (Fsp3) is 0.174. The van der Waals surface area contributed by atoms with Gasteiger partial charge in [0.15, 0.2) is 0 Å². The van der Waals surface area contributed by atoms with E-state index in [4.69, 9.17) is 4.74 Å². The summed E-state index contributed by atoms with van der Waals surface area (Å²) in [5, 5.41) is 2.88. The molecule has 0 heterocycles. The lowest BCUT2D eigenvalue weighted by Crippen LogP contribution is -2.36. The van der Waals surface area contributed by atoms with E-state index in [1.54, 1.807) is 54.6 Å². The summed E-state index contributed by atoms with van der Waals surface area (Å²) in [5.41, 5.74) is 0.909. The van der Waals surface area contributed by atoms with Crippen LogP contribution >= 0.6 is 0 Å². The summed E-state index contributed by atoms with van der Waals surface area (Å²) in [4.78, 5) is 12.7. The molecule has 1 atom stereocenters. The quantitative estimate of drug-likeness (QED) is 0.598. The molecule has 0 radical (unpaired) electrons. The first-order valence-electron chi connectivity index (χ1n) is 9.50.